The summed E-state index contributed by atoms with van der Waals surface area (Å²) in [5.41, 5.74) is -0.379. The molecule has 0 aromatic heterocycles. The van der Waals surface area contributed by atoms with E-state index in [0.717, 1.165) is 32.1 Å². The minimum atomic E-state index is -1.63. The molecule has 37 heavy (non-hydrogen) atoms. The molecule has 9 nitrogen and oxygen atoms in total. The summed E-state index contributed by atoms with van der Waals surface area (Å²) in [6.07, 6.45) is 4.80. The monoisotopic (exact) mass is 536 g/mol. The highest BCUT2D eigenvalue weighted by Gasteiger charge is 2.52. The summed E-state index contributed by atoms with van der Waals surface area (Å²) in [7, 11) is -0.353. The second-order valence-corrected chi connectivity index (χ2v) is 10.3. The number of methoxy groups -OCH3 is 1. The number of nitro groups is 1. The number of rotatable bonds is 14. The third-order valence-electron chi connectivity index (χ3n) is 6.65. The van der Waals surface area contributed by atoms with Crippen LogP contribution in [0.4, 0.5) is 5.69 Å². The topological polar surface area (TPSA) is 108 Å². The molecule has 1 aromatic rings. The molecule has 0 amide bonds. The molecule has 0 saturated heterocycles. The van der Waals surface area contributed by atoms with Gasteiger partial charge >= 0.3 is 5.97 Å². The van der Waals surface area contributed by atoms with E-state index >= 15 is 0 Å². The van der Waals surface area contributed by atoms with Crippen molar-refractivity contribution >= 4 is 20.1 Å². The van der Waals surface area contributed by atoms with E-state index in [0.29, 0.717) is 28.7 Å². The van der Waals surface area contributed by atoms with Crippen molar-refractivity contribution in [3.63, 3.8) is 0 Å². The van der Waals surface area contributed by atoms with Crippen LogP contribution in [0.2, 0.25) is 0 Å². The van der Waals surface area contributed by atoms with Crippen molar-refractivity contribution in [2.75, 3.05) is 7.11 Å². The van der Waals surface area contributed by atoms with Gasteiger partial charge in [-0.05, 0) is 40.5 Å². The number of hydroxylamine groups is 2. The molecular formula is C27H41N2O7P. The predicted octanol–water partition coefficient (Wildman–Crippen LogP) is 6.65. The molecule has 1 aliphatic rings. The number of carbonyl (C=O) groups is 1. The molecule has 1 heterocycles. The summed E-state index contributed by atoms with van der Waals surface area (Å²) in [5, 5.41) is 13.6. The minimum absolute atomic E-state index is 0.102. The van der Waals surface area contributed by atoms with Crippen LogP contribution in [0.1, 0.15) is 85.6 Å². The van der Waals surface area contributed by atoms with Gasteiger partial charge in [0.05, 0.1) is 49.7 Å². The Labute approximate surface area is 221 Å². The number of non-ortho nitro benzene ring substituents is 1. The van der Waals surface area contributed by atoms with E-state index in [1.165, 1.54) is 19.2 Å². The van der Waals surface area contributed by atoms with Gasteiger partial charge < -0.3 is 14.0 Å². The molecule has 1 aliphatic heterocycles. The largest absolute Gasteiger partial charge is 0.466 e. The summed E-state index contributed by atoms with van der Waals surface area (Å²) in [4.78, 5) is 30.9. The maximum atomic E-state index is 13.5. The van der Waals surface area contributed by atoms with Gasteiger partial charge in [0.15, 0.2) is 5.60 Å². The van der Waals surface area contributed by atoms with E-state index in [4.69, 9.17) is 14.3 Å². The fourth-order valence-corrected chi connectivity index (χ4v) is 5.56. The first kappa shape index (κ1) is 30.7. The van der Waals surface area contributed by atoms with E-state index in [-0.39, 0.29) is 23.5 Å². The van der Waals surface area contributed by atoms with Crippen molar-refractivity contribution in [3.05, 3.63) is 62.2 Å². The van der Waals surface area contributed by atoms with E-state index in [1.807, 2.05) is 13.8 Å². The van der Waals surface area contributed by atoms with Crippen LogP contribution in [0.3, 0.4) is 0 Å². The van der Waals surface area contributed by atoms with E-state index in [1.54, 1.807) is 31.0 Å². The molecule has 0 saturated carbocycles. The molecule has 0 N–H and O–H groups in total. The fourth-order valence-electron chi connectivity index (χ4n) is 4.73. The second kappa shape index (κ2) is 13.9. The highest BCUT2D eigenvalue weighted by Crippen LogP contribution is 2.53. The van der Waals surface area contributed by atoms with E-state index in [2.05, 4.69) is 13.8 Å². The first-order chi connectivity index (χ1) is 17.6. The summed E-state index contributed by atoms with van der Waals surface area (Å²) >= 11 is 0. The van der Waals surface area contributed by atoms with Gasteiger partial charge in [-0.3, -0.25) is 15.0 Å². The molecule has 1 aromatic carbocycles. The Hall–Kier alpha value is -2.48. The molecule has 206 valence electrons. The number of esters is 1. The number of ether oxygens (including phenoxy) is 2. The number of carbonyl (C=O) groups excluding carboxylic acids is 1. The summed E-state index contributed by atoms with van der Waals surface area (Å²) in [5.74, 6) is -0.681. The molecule has 2 rings (SSSR count). The average Bonchev–Trinajstić information content (AvgIpc) is 2.88. The predicted molar refractivity (Wildman–Crippen MR) is 145 cm³/mol. The smallest absolute Gasteiger partial charge is 0.339 e. The van der Waals surface area contributed by atoms with Crippen LogP contribution in [-0.2, 0) is 29.3 Å². The lowest BCUT2D eigenvalue weighted by molar-refractivity contribution is -0.385. The van der Waals surface area contributed by atoms with Crippen LogP contribution >= 0.6 is 8.46 Å². The van der Waals surface area contributed by atoms with Gasteiger partial charge in [-0.25, -0.2) is 9.86 Å². The SMILES string of the molecule is CCCCC(C)ON1C(C)=C([PH2]=O)C(OC(C)CCCC)(c2cccc([N+](=O)[O-])c2)C(C(=O)OC)=C1C. The maximum Gasteiger partial charge on any atom is 0.339 e. The van der Waals surface area contributed by atoms with Crippen LogP contribution in [0.25, 0.3) is 0 Å². The van der Waals surface area contributed by atoms with Gasteiger partial charge in [0, 0.05) is 23.0 Å². The van der Waals surface area contributed by atoms with Crippen molar-refractivity contribution in [2.45, 2.75) is 97.9 Å². The number of nitrogens with zero attached hydrogens (tertiary/aromatic N) is 2. The van der Waals surface area contributed by atoms with Crippen LogP contribution in [0.15, 0.2) is 46.5 Å². The van der Waals surface area contributed by atoms with Crippen molar-refractivity contribution < 1.29 is 28.6 Å². The highest BCUT2D eigenvalue weighted by molar-refractivity contribution is 7.29. The van der Waals surface area contributed by atoms with Gasteiger partial charge in [0.2, 0.25) is 0 Å². The molecule has 10 heteroatoms. The molecule has 4 unspecified atom stereocenters. The lowest BCUT2D eigenvalue weighted by Gasteiger charge is -2.45. The summed E-state index contributed by atoms with van der Waals surface area (Å²) in [6.45, 7) is 11.5. The Morgan fingerprint density at radius 1 is 1.11 bits per heavy atom. The maximum absolute atomic E-state index is 13.5. The zero-order chi connectivity index (χ0) is 27.8. The number of nitro benzene ring substituents is 1. The van der Waals surface area contributed by atoms with Crippen molar-refractivity contribution in [3.8, 4) is 0 Å². The summed E-state index contributed by atoms with van der Waals surface area (Å²) < 4.78 is 24.9. The number of benzene rings is 1. The Balaban J connectivity index is 2.89. The molecule has 4 atom stereocenters. The lowest BCUT2D eigenvalue weighted by atomic mass is 9.80. The minimum Gasteiger partial charge on any atom is -0.466 e. The third-order valence-corrected chi connectivity index (χ3v) is 7.71. The zero-order valence-electron chi connectivity index (χ0n) is 23.0. The van der Waals surface area contributed by atoms with Crippen LogP contribution < -0.4 is 0 Å². The lowest BCUT2D eigenvalue weighted by Crippen LogP contribution is -2.46. The van der Waals surface area contributed by atoms with Gasteiger partial charge in [-0.1, -0.05) is 51.7 Å². The second-order valence-electron chi connectivity index (χ2n) is 9.48. The van der Waals surface area contributed by atoms with E-state index < -0.39 is 25.0 Å². The molecule has 0 bridgehead atoms. The first-order valence-electron chi connectivity index (χ1n) is 12.9. The van der Waals surface area contributed by atoms with Crippen molar-refractivity contribution in [2.24, 2.45) is 0 Å². The number of hydrogen-bond donors (Lipinski definition) is 0. The fraction of sp³-hybridized carbons (Fsp3) is 0.593. The van der Waals surface area contributed by atoms with Gasteiger partial charge in [-0.2, -0.15) is 0 Å². The van der Waals surface area contributed by atoms with Crippen LogP contribution in [0, 0.1) is 10.1 Å². The molecule has 0 spiro atoms. The Kier molecular flexibility index (Phi) is 11.5. The summed E-state index contributed by atoms with van der Waals surface area (Å²) in [6, 6.07) is 5.96. The molecule has 0 radical (unpaired) electrons. The van der Waals surface area contributed by atoms with Crippen molar-refractivity contribution in [1.29, 1.82) is 0 Å². The zero-order valence-corrected chi connectivity index (χ0v) is 24.2. The molecule has 0 aliphatic carbocycles. The first-order valence-corrected chi connectivity index (χ1v) is 14.0. The standard InChI is InChI=1S/C27H41N2O7P/c1-8-10-13-18(3)35-27(22-15-12-16-23(17-22)29(31)32)24(26(30)34-7)20(5)28(21(6)25(27)37-33)36-19(4)14-11-9-2/h12,15-19H,8-11,13-14,37H2,1-7H3. The third kappa shape index (κ3) is 6.70. The number of hydrogen-bond acceptors (Lipinski definition) is 8. The normalized spacial score (nSPS) is 20.0. The van der Waals surface area contributed by atoms with Crippen LogP contribution in [-0.4, -0.2) is 35.3 Å². The van der Waals surface area contributed by atoms with Crippen LogP contribution in [0.5, 0.6) is 0 Å². The van der Waals surface area contributed by atoms with Crippen molar-refractivity contribution in [1.82, 2.24) is 5.06 Å². The molecule has 0 fully saturated rings. The quantitative estimate of drug-likeness (QED) is 0.113. The Morgan fingerprint density at radius 2 is 1.73 bits per heavy atom. The Bertz CT molecular complexity index is 1050. The number of allylic oxidation sites excluding steroid dienone is 2. The van der Waals surface area contributed by atoms with Gasteiger partial charge in [-0.15, -0.1) is 0 Å². The van der Waals surface area contributed by atoms with Gasteiger partial charge in [0.25, 0.3) is 5.69 Å². The number of unbranched alkanes of at least 4 members (excludes halogenated alkanes) is 2. The average molecular weight is 537 g/mol. The van der Waals surface area contributed by atoms with Gasteiger partial charge in [0.1, 0.15) is 0 Å². The Morgan fingerprint density at radius 3 is 2.27 bits per heavy atom. The molecular weight excluding hydrogens is 495 g/mol. The highest BCUT2D eigenvalue weighted by atomic mass is 31.1. The van der Waals surface area contributed by atoms with E-state index in [9.17, 15) is 19.5 Å².